The first-order valence-electron chi connectivity index (χ1n) is 4.50. The second-order valence-electron chi connectivity index (χ2n) is 3.64. The zero-order valence-electron chi connectivity index (χ0n) is 8.75. The molecule has 0 radical (unpaired) electrons. The van der Waals surface area contributed by atoms with Gasteiger partial charge in [-0.2, -0.15) is 0 Å². The number of carbonyl (C=O) groups excluding carboxylic acids is 1. The van der Waals surface area contributed by atoms with E-state index in [1.807, 2.05) is 0 Å². The van der Waals surface area contributed by atoms with Crippen LogP contribution in [0.4, 0.5) is 0 Å². The van der Waals surface area contributed by atoms with Crippen molar-refractivity contribution >= 4 is 5.97 Å². The Labute approximate surface area is 114 Å². The molecule has 1 aliphatic rings. The van der Waals surface area contributed by atoms with E-state index in [0.29, 0.717) is 5.56 Å². The predicted octanol–water partition coefficient (Wildman–Crippen LogP) is -3.06. The number of nitrogens with zero attached hydrogens (tertiary/aromatic N) is 1. The fourth-order valence-electron chi connectivity index (χ4n) is 1.83. The minimum Gasteiger partial charge on any atom is -0.543 e. The Bertz CT molecular complexity index is 406. The molecule has 0 aromatic heterocycles. The third kappa shape index (κ3) is 1.86. The Morgan fingerprint density at radius 3 is 2.31 bits per heavy atom. The second-order valence-corrected chi connectivity index (χ2v) is 3.64. The van der Waals surface area contributed by atoms with Gasteiger partial charge in [0.15, 0.2) is 0 Å². The Hall–Kier alpha value is -0.910. The first-order valence-corrected chi connectivity index (χ1v) is 4.50. The van der Waals surface area contributed by atoms with Crippen LogP contribution in [-0.2, 0) is 4.79 Å². The topological polar surface area (TPSA) is 83.3 Å². The van der Waals surface area contributed by atoms with Crippen LogP contribution < -0.4 is 34.7 Å². The molecule has 16 heavy (non-hydrogen) atoms. The zero-order valence-corrected chi connectivity index (χ0v) is 10.8. The number of aliphatic carboxylic acids is 1. The van der Waals surface area contributed by atoms with Crippen molar-refractivity contribution in [2.75, 3.05) is 0 Å². The van der Waals surface area contributed by atoms with Crippen LogP contribution in [0.3, 0.4) is 0 Å². The third-order valence-electron chi connectivity index (χ3n) is 2.81. The molecular weight excluding hydrogens is 221 g/mol. The molecule has 0 spiro atoms. The van der Waals surface area contributed by atoms with Crippen LogP contribution in [0.2, 0.25) is 0 Å². The van der Waals surface area contributed by atoms with Crippen LogP contribution in [0.1, 0.15) is 17.9 Å². The van der Waals surface area contributed by atoms with Gasteiger partial charge in [-0.1, -0.05) is 30.3 Å². The SMILES string of the molecule is O=C([O-])[C@@]1([N+](=O)[O-])C[C@H]1c1ccccc1.[Na+]. The fraction of sp³-hybridized carbons (Fsp3) is 0.300. The molecule has 1 saturated carbocycles. The van der Waals surface area contributed by atoms with Crippen LogP contribution >= 0.6 is 0 Å². The summed E-state index contributed by atoms with van der Waals surface area (Å²) < 4.78 is 0. The van der Waals surface area contributed by atoms with Gasteiger partial charge in [0.25, 0.3) is 5.54 Å². The van der Waals surface area contributed by atoms with Crippen molar-refractivity contribution in [2.24, 2.45) is 0 Å². The summed E-state index contributed by atoms with van der Waals surface area (Å²) in [4.78, 5) is 20.7. The number of benzene rings is 1. The largest absolute Gasteiger partial charge is 1.00 e. The van der Waals surface area contributed by atoms with Gasteiger partial charge in [-0.15, -0.1) is 0 Å². The van der Waals surface area contributed by atoms with Crippen molar-refractivity contribution in [1.82, 2.24) is 0 Å². The van der Waals surface area contributed by atoms with Gasteiger partial charge in [-0.25, -0.2) is 0 Å². The molecule has 0 N–H and O–H groups in total. The van der Waals surface area contributed by atoms with Gasteiger partial charge in [0.05, 0.1) is 5.92 Å². The third-order valence-corrected chi connectivity index (χ3v) is 2.81. The summed E-state index contributed by atoms with van der Waals surface area (Å²) in [5, 5.41) is 21.4. The van der Waals surface area contributed by atoms with E-state index in [2.05, 4.69) is 0 Å². The Balaban J connectivity index is 0.00000128. The summed E-state index contributed by atoms with van der Waals surface area (Å²) in [5.74, 6) is -2.15. The van der Waals surface area contributed by atoms with Crippen LogP contribution in [0.5, 0.6) is 0 Å². The maximum Gasteiger partial charge on any atom is 1.00 e. The van der Waals surface area contributed by atoms with E-state index >= 15 is 0 Å². The normalized spacial score (nSPS) is 26.6. The predicted molar refractivity (Wildman–Crippen MR) is 48.5 cm³/mol. The van der Waals surface area contributed by atoms with Crippen molar-refractivity contribution < 1.29 is 44.4 Å². The number of carboxylic acid groups (broad SMARTS) is 1. The van der Waals surface area contributed by atoms with Gasteiger partial charge in [0, 0.05) is 11.3 Å². The van der Waals surface area contributed by atoms with E-state index in [-0.39, 0.29) is 36.0 Å². The molecule has 6 heteroatoms. The number of carbonyl (C=O) groups is 1. The molecule has 0 bridgehead atoms. The molecule has 0 heterocycles. The van der Waals surface area contributed by atoms with Crippen molar-refractivity contribution in [3.8, 4) is 0 Å². The molecule has 0 amide bonds. The molecule has 5 nitrogen and oxygen atoms in total. The van der Waals surface area contributed by atoms with E-state index in [1.165, 1.54) is 0 Å². The molecule has 2 atom stereocenters. The summed E-state index contributed by atoms with van der Waals surface area (Å²) in [6.45, 7) is 0. The fourth-order valence-corrected chi connectivity index (χ4v) is 1.83. The average molecular weight is 229 g/mol. The maximum absolute atomic E-state index is 10.8. The van der Waals surface area contributed by atoms with E-state index < -0.39 is 22.3 Å². The molecule has 2 rings (SSSR count). The van der Waals surface area contributed by atoms with Crippen LogP contribution in [0.25, 0.3) is 0 Å². The number of nitro groups is 1. The van der Waals surface area contributed by atoms with Crippen LogP contribution in [0, 0.1) is 10.1 Å². The summed E-state index contributed by atoms with van der Waals surface area (Å²) in [6.07, 6.45) is 0.0202. The molecule has 1 aromatic rings. The molecule has 0 unspecified atom stereocenters. The van der Waals surface area contributed by atoms with Crippen LogP contribution in [-0.4, -0.2) is 16.4 Å². The summed E-state index contributed by atoms with van der Waals surface area (Å²) in [7, 11) is 0. The van der Waals surface area contributed by atoms with Gasteiger partial charge in [-0.05, 0) is 5.56 Å². The Morgan fingerprint density at radius 2 is 1.94 bits per heavy atom. The summed E-state index contributed by atoms with van der Waals surface area (Å²) >= 11 is 0. The van der Waals surface area contributed by atoms with E-state index in [4.69, 9.17) is 0 Å². The number of hydrogen-bond acceptors (Lipinski definition) is 4. The standard InChI is InChI=1S/C10H9NO4.Na/c12-9(13)10(11(14)15)6-8(10)7-4-2-1-3-5-7;/h1-5,8H,6H2,(H,12,13);/q;+1/p-1/t8-,10+;/m0./s1. The number of rotatable bonds is 3. The summed E-state index contributed by atoms with van der Waals surface area (Å²) in [5.41, 5.74) is -1.22. The Kier molecular flexibility index (Phi) is 3.72. The number of hydrogen-bond donors (Lipinski definition) is 0. The average Bonchev–Trinajstić information content (AvgIpc) is 2.95. The molecule has 78 valence electrons. The number of carboxylic acids is 1. The monoisotopic (exact) mass is 229 g/mol. The van der Waals surface area contributed by atoms with E-state index in [1.54, 1.807) is 30.3 Å². The van der Waals surface area contributed by atoms with E-state index in [9.17, 15) is 20.0 Å². The molecule has 1 fully saturated rings. The first-order chi connectivity index (χ1) is 7.09. The minimum atomic E-state index is -1.90. The van der Waals surface area contributed by atoms with Gasteiger partial charge >= 0.3 is 29.6 Å². The van der Waals surface area contributed by atoms with Gasteiger partial charge in [0.1, 0.15) is 5.97 Å². The minimum absolute atomic E-state index is 0. The molecular formula is C10H8NNaO4. The second kappa shape index (κ2) is 4.53. The van der Waals surface area contributed by atoms with Crippen molar-refractivity contribution in [3.05, 3.63) is 46.0 Å². The molecule has 1 aliphatic carbocycles. The zero-order chi connectivity index (χ0) is 11.1. The van der Waals surface area contributed by atoms with Gasteiger partial charge in [-0.3, -0.25) is 10.1 Å². The quantitative estimate of drug-likeness (QED) is 0.313. The van der Waals surface area contributed by atoms with Crippen molar-refractivity contribution in [2.45, 2.75) is 17.9 Å². The maximum atomic E-state index is 10.8. The Morgan fingerprint density at radius 1 is 1.38 bits per heavy atom. The van der Waals surface area contributed by atoms with Gasteiger partial charge in [0.2, 0.25) is 0 Å². The smallest absolute Gasteiger partial charge is 0.543 e. The first kappa shape index (κ1) is 13.2. The van der Waals surface area contributed by atoms with Crippen molar-refractivity contribution in [1.29, 1.82) is 0 Å². The van der Waals surface area contributed by atoms with E-state index in [0.717, 1.165) is 0 Å². The summed E-state index contributed by atoms with van der Waals surface area (Å²) in [6, 6.07) is 8.62. The molecule has 1 aromatic carbocycles. The van der Waals surface area contributed by atoms with Crippen LogP contribution in [0.15, 0.2) is 30.3 Å². The van der Waals surface area contributed by atoms with Gasteiger partial charge < -0.3 is 9.90 Å². The van der Waals surface area contributed by atoms with Crippen molar-refractivity contribution in [3.63, 3.8) is 0 Å². The molecule has 0 saturated heterocycles. The molecule has 0 aliphatic heterocycles.